The number of aryl methyl sites for hydroxylation is 1. The molecule has 0 radical (unpaired) electrons. The number of hydrogen-bond acceptors (Lipinski definition) is 4. The van der Waals surface area contributed by atoms with Gasteiger partial charge in [-0.1, -0.05) is 29.3 Å². The summed E-state index contributed by atoms with van der Waals surface area (Å²) in [6, 6.07) is 10.9. The Bertz CT molecular complexity index is 923. The highest BCUT2D eigenvalue weighted by molar-refractivity contribution is 6.52. The van der Waals surface area contributed by atoms with Gasteiger partial charge in [-0.05, 0) is 42.8 Å². The fourth-order valence-corrected chi connectivity index (χ4v) is 4.00. The van der Waals surface area contributed by atoms with E-state index in [0.29, 0.717) is 22.9 Å². The van der Waals surface area contributed by atoms with Crippen LogP contribution in [0.2, 0.25) is 10.0 Å². The first-order valence-electron chi connectivity index (χ1n) is 8.83. The quantitative estimate of drug-likeness (QED) is 0.734. The second kappa shape index (κ2) is 7.15. The van der Waals surface area contributed by atoms with Crippen molar-refractivity contribution in [3.63, 3.8) is 0 Å². The maximum atomic E-state index is 12.4. The lowest BCUT2D eigenvalue weighted by atomic mass is 10.1. The van der Waals surface area contributed by atoms with Crippen molar-refractivity contribution in [3.8, 4) is 0 Å². The van der Waals surface area contributed by atoms with Crippen molar-refractivity contribution in [1.82, 2.24) is 4.90 Å². The van der Waals surface area contributed by atoms with E-state index in [4.69, 9.17) is 23.2 Å². The number of ketones is 1. The summed E-state index contributed by atoms with van der Waals surface area (Å²) < 4.78 is 0. The predicted molar refractivity (Wildman–Crippen MR) is 108 cm³/mol. The Labute approximate surface area is 168 Å². The summed E-state index contributed by atoms with van der Waals surface area (Å²) in [5.41, 5.74) is 3.37. The summed E-state index contributed by atoms with van der Waals surface area (Å²) >= 11 is 12.1. The molecule has 0 bridgehead atoms. The third-order valence-electron chi connectivity index (χ3n) is 5.16. The highest BCUT2D eigenvalue weighted by Gasteiger charge is 2.37. The van der Waals surface area contributed by atoms with Crippen LogP contribution in [0.3, 0.4) is 0 Å². The smallest absolute Gasteiger partial charge is 0.300 e. The number of rotatable bonds is 3. The van der Waals surface area contributed by atoms with Crippen molar-refractivity contribution in [3.05, 3.63) is 57.6 Å². The van der Waals surface area contributed by atoms with Crippen molar-refractivity contribution < 1.29 is 9.59 Å². The molecule has 2 aliphatic heterocycles. The van der Waals surface area contributed by atoms with Crippen LogP contribution in [0.5, 0.6) is 0 Å². The molecule has 1 amide bonds. The van der Waals surface area contributed by atoms with Crippen LogP contribution in [0.15, 0.2) is 36.4 Å². The average molecular weight is 404 g/mol. The van der Waals surface area contributed by atoms with Gasteiger partial charge in [-0.3, -0.25) is 19.4 Å². The molecule has 0 saturated carbocycles. The van der Waals surface area contributed by atoms with Crippen molar-refractivity contribution in [1.29, 1.82) is 0 Å². The Hall–Kier alpha value is -2.08. The second-order valence-corrected chi connectivity index (χ2v) is 7.77. The molecular weight excluding hydrogens is 385 g/mol. The zero-order chi connectivity index (χ0) is 19.1. The molecule has 2 heterocycles. The molecule has 0 atom stereocenters. The molecule has 4 rings (SSSR count). The summed E-state index contributed by atoms with van der Waals surface area (Å²) in [6.07, 6.45) is 0. The second-order valence-electron chi connectivity index (χ2n) is 6.90. The fourth-order valence-electron chi connectivity index (χ4n) is 3.67. The standard InChI is InChI=1S/C20H19Cl2N3O2/c1-13-2-3-15(22)11-18(13)24-8-6-23(7-9-24)12-25-17-5-4-14(21)10-16(17)19(26)20(25)27/h2-5,10-11H,6-9,12H2,1H3. The van der Waals surface area contributed by atoms with Gasteiger partial charge >= 0.3 is 5.91 Å². The molecule has 2 aromatic carbocycles. The van der Waals surface area contributed by atoms with Crippen LogP contribution in [-0.2, 0) is 4.79 Å². The number of anilines is 2. The summed E-state index contributed by atoms with van der Waals surface area (Å²) in [5.74, 6) is -0.971. The van der Waals surface area contributed by atoms with Crippen LogP contribution in [0.25, 0.3) is 0 Å². The van der Waals surface area contributed by atoms with Crippen molar-refractivity contribution >= 4 is 46.3 Å². The highest BCUT2D eigenvalue weighted by atomic mass is 35.5. The largest absolute Gasteiger partial charge is 0.369 e. The van der Waals surface area contributed by atoms with Crippen LogP contribution < -0.4 is 9.80 Å². The molecule has 27 heavy (non-hydrogen) atoms. The highest BCUT2D eigenvalue weighted by Crippen LogP contribution is 2.32. The van der Waals surface area contributed by atoms with E-state index in [1.54, 1.807) is 23.1 Å². The van der Waals surface area contributed by atoms with Crippen LogP contribution in [0.4, 0.5) is 11.4 Å². The molecule has 140 valence electrons. The van der Waals surface area contributed by atoms with Gasteiger partial charge < -0.3 is 4.90 Å². The minimum Gasteiger partial charge on any atom is -0.369 e. The average Bonchev–Trinajstić information content (AvgIpc) is 2.89. The minimum absolute atomic E-state index is 0.390. The van der Waals surface area contributed by atoms with E-state index < -0.39 is 11.7 Å². The number of amides is 1. The lowest BCUT2D eigenvalue weighted by Gasteiger charge is -2.38. The lowest BCUT2D eigenvalue weighted by molar-refractivity contribution is -0.114. The Morgan fingerprint density at radius 3 is 2.30 bits per heavy atom. The van der Waals surface area contributed by atoms with Gasteiger partial charge in [-0.15, -0.1) is 0 Å². The first-order valence-corrected chi connectivity index (χ1v) is 9.59. The lowest BCUT2D eigenvalue weighted by Crippen LogP contribution is -2.51. The van der Waals surface area contributed by atoms with E-state index in [9.17, 15) is 9.59 Å². The number of carbonyl (C=O) groups is 2. The van der Waals surface area contributed by atoms with E-state index in [1.807, 2.05) is 18.2 Å². The van der Waals surface area contributed by atoms with E-state index >= 15 is 0 Å². The number of halogens is 2. The van der Waals surface area contributed by atoms with Gasteiger partial charge in [0.2, 0.25) is 0 Å². The van der Waals surface area contributed by atoms with Crippen molar-refractivity contribution in [2.24, 2.45) is 0 Å². The zero-order valence-electron chi connectivity index (χ0n) is 14.9. The van der Waals surface area contributed by atoms with Gasteiger partial charge in [-0.25, -0.2) is 0 Å². The van der Waals surface area contributed by atoms with Crippen LogP contribution in [-0.4, -0.2) is 49.4 Å². The molecule has 0 spiro atoms. The first kappa shape index (κ1) is 18.3. The first-order chi connectivity index (χ1) is 12.9. The SMILES string of the molecule is Cc1ccc(Cl)cc1N1CCN(CN2C(=O)C(=O)c3cc(Cl)ccc32)CC1. The zero-order valence-corrected chi connectivity index (χ0v) is 16.4. The topological polar surface area (TPSA) is 43.9 Å². The molecule has 2 aromatic rings. The number of piperazine rings is 1. The number of nitrogens with zero attached hydrogens (tertiary/aromatic N) is 3. The van der Waals surface area contributed by atoms with Crippen LogP contribution in [0.1, 0.15) is 15.9 Å². The number of Topliss-reactive ketones (excluding diaryl/α,β-unsaturated/α-hetero) is 1. The van der Waals surface area contributed by atoms with Gasteiger partial charge in [-0.2, -0.15) is 0 Å². The molecule has 0 aliphatic carbocycles. The number of hydrogen-bond donors (Lipinski definition) is 0. The molecule has 0 N–H and O–H groups in total. The van der Waals surface area contributed by atoms with E-state index in [0.717, 1.165) is 36.9 Å². The molecule has 7 heteroatoms. The molecule has 0 aromatic heterocycles. The predicted octanol–water partition coefficient (Wildman–Crippen LogP) is 3.61. The van der Waals surface area contributed by atoms with E-state index in [1.165, 1.54) is 5.56 Å². The Balaban J connectivity index is 1.45. The Morgan fingerprint density at radius 1 is 0.889 bits per heavy atom. The molecule has 5 nitrogen and oxygen atoms in total. The van der Waals surface area contributed by atoms with Crippen LogP contribution in [0, 0.1) is 6.92 Å². The Kier molecular flexibility index (Phi) is 4.84. The molecule has 2 aliphatic rings. The third-order valence-corrected chi connectivity index (χ3v) is 5.63. The molecule has 1 saturated heterocycles. The third kappa shape index (κ3) is 3.43. The molecule has 1 fully saturated rings. The van der Waals surface area contributed by atoms with Gasteiger partial charge in [0.25, 0.3) is 5.78 Å². The Morgan fingerprint density at radius 2 is 1.56 bits per heavy atom. The summed E-state index contributed by atoms with van der Waals surface area (Å²) in [5, 5.41) is 1.19. The molecule has 0 unspecified atom stereocenters. The van der Waals surface area contributed by atoms with Gasteiger partial charge in [0, 0.05) is 41.9 Å². The van der Waals surface area contributed by atoms with Crippen molar-refractivity contribution in [2.45, 2.75) is 6.92 Å². The maximum Gasteiger partial charge on any atom is 0.300 e. The fraction of sp³-hybridized carbons (Fsp3) is 0.300. The number of carbonyl (C=O) groups excluding carboxylic acids is 2. The maximum absolute atomic E-state index is 12.4. The molecular formula is C20H19Cl2N3O2. The van der Waals surface area contributed by atoms with E-state index in [-0.39, 0.29) is 0 Å². The normalized spacial score (nSPS) is 17.6. The van der Waals surface area contributed by atoms with Gasteiger partial charge in [0.05, 0.1) is 17.9 Å². The van der Waals surface area contributed by atoms with E-state index in [2.05, 4.69) is 16.7 Å². The van der Waals surface area contributed by atoms with Crippen LogP contribution >= 0.6 is 23.2 Å². The van der Waals surface area contributed by atoms with Gasteiger partial charge in [0.15, 0.2) is 0 Å². The number of fused-ring (bicyclic) bond motifs is 1. The van der Waals surface area contributed by atoms with Gasteiger partial charge in [0.1, 0.15) is 0 Å². The summed E-state index contributed by atoms with van der Waals surface area (Å²) in [6.45, 7) is 5.76. The monoisotopic (exact) mass is 403 g/mol. The summed E-state index contributed by atoms with van der Waals surface area (Å²) in [7, 11) is 0. The van der Waals surface area contributed by atoms with Crippen molar-refractivity contribution in [2.75, 3.05) is 42.6 Å². The number of benzene rings is 2. The minimum atomic E-state index is -0.486. The summed E-state index contributed by atoms with van der Waals surface area (Å²) in [4.78, 5) is 30.7.